The maximum Gasteiger partial charge on any atom is 0.220 e. The number of allylic oxidation sites excluding steroid dienone is 5. The molecule has 0 aromatic carbocycles. The molecule has 0 aromatic rings. The molecule has 0 heterocycles. The zero-order valence-corrected chi connectivity index (χ0v) is 45.7. The van der Waals surface area contributed by atoms with Crippen LogP contribution in [0.25, 0.3) is 0 Å². The summed E-state index contributed by atoms with van der Waals surface area (Å²) < 4.78 is 0. The number of hydrogen-bond donors (Lipinski definition) is 3. The molecule has 0 fully saturated rings. The van der Waals surface area contributed by atoms with Gasteiger partial charge in [0.1, 0.15) is 0 Å². The van der Waals surface area contributed by atoms with Crippen molar-refractivity contribution in [1.29, 1.82) is 0 Å². The average Bonchev–Trinajstić information content (AvgIpc) is 3.33. The Bertz CT molecular complexity index is 1020. The van der Waals surface area contributed by atoms with E-state index in [2.05, 4.69) is 43.5 Å². The molecule has 0 saturated heterocycles. The quantitative estimate of drug-likeness (QED) is 0.0420. The van der Waals surface area contributed by atoms with Crippen LogP contribution >= 0.6 is 0 Å². The normalized spacial score (nSPS) is 13.0. The summed E-state index contributed by atoms with van der Waals surface area (Å²) in [7, 11) is 0. The number of aliphatic hydroxyl groups excluding tert-OH is 2. The van der Waals surface area contributed by atoms with Crippen molar-refractivity contribution in [3.63, 3.8) is 0 Å². The smallest absolute Gasteiger partial charge is 0.220 e. The fourth-order valence-corrected chi connectivity index (χ4v) is 9.69. The van der Waals surface area contributed by atoms with E-state index in [4.69, 9.17) is 0 Å². The van der Waals surface area contributed by atoms with E-state index in [-0.39, 0.29) is 12.5 Å². The topological polar surface area (TPSA) is 69.6 Å². The maximum absolute atomic E-state index is 12.5. The summed E-state index contributed by atoms with van der Waals surface area (Å²) in [6.07, 6.45) is 80.5. The number of aliphatic hydroxyl groups is 2. The molecule has 67 heavy (non-hydrogen) atoms. The summed E-state index contributed by atoms with van der Waals surface area (Å²) in [6.45, 7) is 4.34. The van der Waals surface area contributed by atoms with Gasteiger partial charge in [0.25, 0.3) is 0 Å². The zero-order chi connectivity index (χ0) is 48.5. The Morgan fingerprint density at radius 3 is 0.866 bits per heavy atom. The minimum atomic E-state index is -0.869. The molecule has 0 rings (SSSR count). The van der Waals surface area contributed by atoms with Crippen LogP contribution in [0.5, 0.6) is 0 Å². The second-order valence-electron chi connectivity index (χ2n) is 21.1. The standard InChI is InChI=1S/C63H121NO3/c1-3-5-7-9-11-13-15-17-19-21-23-25-27-29-31-32-33-35-37-39-41-43-45-47-49-51-53-55-57-59-63(67)64-61(60-65)62(66)58-56-54-52-50-48-46-44-42-40-38-36-34-30-28-26-24-22-20-18-16-14-12-10-8-6-4-2/h40,42,48,50,56,58,61-62,65-66H,3-39,41,43-47,49,51-55,57,59-60H2,1-2H3,(H,64,67)/b42-40+,50-48+,58-56+. The van der Waals surface area contributed by atoms with E-state index >= 15 is 0 Å². The lowest BCUT2D eigenvalue weighted by Crippen LogP contribution is -2.45. The Morgan fingerprint density at radius 2 is 0.582 bits per heavy atom. The minimum Gasteiger partial charge on any atom is -0.394 e. The van der Waals surface area contributed by atoms with Crippen molar-refractivity contribution in [2.45, 2.75) is 353 Å². The third-order valence-corrected chi connectivity index (χ3v) is 14.4. The SMILES string of the molecule is CCCCCCCCCCCCCCCCCC/C=C/CC/C=C/CC/C=C/C(O)C(CO)NC(=O)CCCCCCCCCCCCCCCCCCCCCCCCCCCCCCC. The van der Waals surface area contributed by atoms with Gasteiger partial charge in [0.15, 0.2) is 0 Å². The summed E-state index contributed by atoms with van der Waals surface area (Å²) in [5.74, 6) is -0.0708. The third-order valence-electron chi connectivity index (χ3n) is 14.4. The summed E-state index contributed by atoms with van der Waals surface area (Å²) in [6, 6.07) is -0.644. The predicted octanol–water partition coefficient (Wildman–Crippen LogP) is 20.4. The first-order valence-electron chi connectivity index (χ1n) is 30.7. The highest BCUT2D eigenvalue weighted by Gasteiger charge is 2.18. The van der Waals surface area contributed by atoms with Gasteiger partial charge in [0.05, 0.1) is 18.8 Å². The molecule has 2 unspecified atom stereocenters. The molecule has 4 nitrogen and oxygen atoms in total. The van der Waals surface area contributed by atoms with Gasteiger partial charge in [-0.05, 0) is 44.9 Å². The van der Waals surface area contributed by atoms with Crippen LogP contribution in [-0.2, 0) is 4.79 Å². The van der Waals surface area contributed by atoms with Gasteiger partial charge in [-0.1, -0.05) is 326 Å². The molecule has 0 saturated carbocycles. The number of amides is 1. The van der Waals surface area contributed by atoms with Crippen LogP contribution in [0.4, 0.5) is 0 Å². The number of nitrogens with one attached hydrogen (secondary N) is 1. The molecule has 3 N–H and O–H groups in total. The minimum absolute atomic E-state index is 0.0708. The van der Waals surface area contributed by atoms with Gasteiger partial charge in [-0.2, -0.15) is 0 Å². The molecule has 0 radical (unpaired) electrons. The highest BCUT2D eigenvalue weighted by atomic mass is 16.3. The van der Waals surface area contributed by atoms with Crippen molar-refractivity contribution < 1.29 is 15.0 Å². The van der Waals surface area contributed by atoms with Gasteiger partial charge in [-0.15, -0.1) is 0 Å². The zero-order valence-electron chi connectivity index (χ0n) is 45.7. The van der Waals surface area contributed by atoms with Crippen molar-refractivity contribution in [3.05, 3.63) is 36.5 Å². The van der Waals surface area contributed by atoms with E-state index in [1.807, 2.05) is 6.08 Å². The molecule has 4 heteroatoms. The van der Waals surface area contributed by atoms with E-state index in [1.54, 1.807) is 6.08 Å². The third kappa shape index (κ3) is 55.4. The summed E-state index contributed by atoms with van der Waals surface area (Å²) in [5.41, 5.74) is 0. The lowest BCUT2D eigenvalue weighted by atomic mass is 10.0. The molecule has 0 aliphatic carbocycles. The first-order valence-corrected chi connectivity index (χ1v) is 30.7. The molecule has 0 aliphatic heterocycles. The Balaban J connectivity index is 3.49. The molecule has 2 atom stereocenters. The second-order valence-corrected chi connectivity index (χ2v) is 21.1. The Hall–Kier alpha value is -1.39. The number of rotatable bonds is 57. The van der Waals surface area contributed by atoms with E-state index < -0.39 is 12.1 Å². The average molecular weight is 941 g/mol. The van der Waals surface area contributed by atoms with Gasteiger partial charge in [0.2, 0.25) is 5.91 Å². The van der Waals surface area contributed by atoms with Crippen LogP contribution in [0.15, 0.2) is 36.5 Å². The molecular formula is C63H121NO3. The first kappa shape index (κ1) is 65.6. The molecule has 0 bridgehead atoms. The predicted molar refractivity (Wildman–Crippen MR) is 299 cm³/mol. The summed E-state index contributed by atoms with van der Waals surface area (Å²) in [4.78, 5) is 12.5. The van der Waals surface area contributed by atoms with E-state index in [0.717, 1.165) is 38.5 Å². The van der Waals surface area contributed by atoms with Gasteiger partial charge in [0, 0.05) is 6.42 Å². The van der Waals surface area contributed by atoms with Gasteiger partial charge >= 0.3 is 0 Å². The van der Waals surface area contributed by atoms with E-state index in [9.17, 15) is 15.0 Å². The fraction of sp³-hybridized carbons (Fsp3) is 0.889. The van der Waals surface area contributed by atoms with Crippen LogP contribution in [0.1, 0.15) is 341 Å². The van der Waals surface area contributed by atoms with Crippen molar-refractivity contribution in [3.8, 4) is 0 Å². The lowest BCUT2D eigenvalue weighted by Gasteiger charge is -2.19. The van der Waals surface area contributed by atoms with Crippen molar-refractivity contribution in [2.75, 3.05) is 6.61 Å². The largest absolute Gasteiger partial charge is 0.394 e. The molecule has 1 amide bonds. The first-order chi connectivity index (χ1) is 33.2. The Kier molecular flexibility index (Phi) is 57.7. The van der Waals surface area contributed by atoms with Gasteiger partial charge in [-0.25, -0.2) is 0 Å². The molecule has 0 aliphatic rings. The van der Waals surface area contributed by atoms with Crippen LogP contribution in [0.2, 0.25) is 0 Å². The van der Waals surface area contributed by atoms with Crippen LogP contribution < -0.4 is 5.32 Å². The van der Waals surface area contributed by atoms with Gasteiger partial charge < -0.3 is 15.5 Å². The van der Waals surface area contributed by atoms with Crippen molar-refractivity contribution >= 4 is 5.91 Å². The fourth-order valence-electron chi connectivity index (χ4n) is 9.69. The van der Waals surface area contributed by atoms with Crippen LogP contribution in [-0.4, -0.2) is 34.9 Å². The van der Waals surface area contributed by atoms with Crippen LogP contribution in [0.3, 0.4) is 0 Å². The van der Waals surface area contributed by atoms with Crippen molar-refractivity contribution in [1.82, 2.24) is 5.32 Å². The number of hydrogen-bond acceptors (Lipinski definition) is 3. The number of carbonyl (C=O) groups excluding carboxylic acids is 1. The highest BCUT2D eigenvalue weighted by Crippen LogP contribution is 2.18. The molecule has 0 spiro atoms. The van der Waals surface area contributed by atoms with Gasteiger partial charge in [-0.3, -0.25) is 4.79 Å². The Morgan fingerprint density at radius 1 is 0.343 bits per heavy atom. The molecule has 396 valence electrons. The summed E-state index contributed by atoms with van der Waals surface area (Å²) >= 11 is 0. The molecular weight excluding hydrogens is 819 g/mol. The Labute approximate surface area is 421 Å². The van der Waals surface area contributed by atoms with Crippen LogP contribution in [0, 0.1) is 0 Å². The van der Waals surface area contributed by atoms with E-state index in [0.29, 0.717) is 6.42 Å². The number of carbonyl (C=O) groups is 1. The highest BCUT2D eigenvalue weighted by molar-refractivity contribution is 5.76. The lowest BCUT2D eigenvalue weighted by molar-refractivity contribution is -0.123. The monoisotopic (exact) mass is 940 g/mol. The summed E-state index contributed by atoms with van der Waals surface area (Å²) in [5, 5.41) is 23.2. The van der Waals surface area contributed by atoms with E-state index in [1.165, 1.54) is 283 Å². The second kappa shape index (κ2) is 58.9. The molecule has 0 aromatic heterocycles. The van der Waals surface area contributed by atoms with Crippen molar-refractivity contribution in [2.24, 2.45) is 0 Å². The number of unbranched alkanes of at least 4 members (excludes halogenated alkanes) is 46. The maximum atomic E-state index is 12.5.